The van der Waals surface area contributed by atoms with Gasteiger partial charge in [-0.05, 0) is 56.8 Å². The van der Waals surface area contributed by atoms with Gasteiger partial charge in [-0.15, -0.1) is 0 Å². The highest BCUT2D eigenvalue weighted by molar-refractivity contribution is 6.21. The average Bonchev–Trinajstić information content (AvgIpc) is 2.99. The Hall–Kier alpha value is -3.19. The standard InChI is InChI=1S/C24H28N4O3/c1-17-5-10-20-21(16-17)24(31)28(23(20)30)11-3-4-22(29)25-18-6-8-19(9-7-18)27-14-12-26(2)13-15-27/h5-10,16H,3-4,11-15H2,1-2H3,(H,25,29). The molecule has 2 heterocycles. The Morgan fingerprint density at radius 3 is 2.32 bits per heavy atom. The van der Waals surface area contributed by atoms with E-state index in [1.54, 1.807) is 12.1 Å². The molecule has 0 aliphatic carbocycles. The van der Waals surface area contributed by atoms with Crippen LogP contribution in [0, 0.1) is 6.92 Å². The summed E-state index contributed by atoms with van der Waals surface area (Å²) in [6.45, 7) is 6.22. The van der Waals surface area contributed by atoms with E-state index in [4.69, 9.17) is 0 Å². The quantitative estimate of drug-likeness (QED) is 0.728. The molecule has 4 rings (SSSR count). The number of aryl methyl sites for hydroxylation is 1. The molecule has 162 valence electrons. The summed E-state index contributed by atoms with van der Waals surface area (Å²) in [7, 11) is 2.13. The molecule has 7 heteroatoms. The number of likely N-dealkylation sites (N-methyl/N-ethyl adjacent to an activating group) is 1. The SMILES string of the molecule is Cc1ccc2c(c1)C(=O)N(CCCC(=O)Nc1ccc(N3CCN(C)CC3)cc1)C2=O. The number of anilines is 2. The van der Waals surface area contributed by atoms with E-state index in [9.17, 15) is 14.4 Å². The number of benzene rings is 2. The van der Waals surface area contributed by atoms with E-state index in [2.05, 4.69) is 22.2 Å². The first-order chi connectivity index (χ1) is 14.9. The maximum absolute atomic E-state index is 12.5. The molecule has 0 unspecified atom stereocenters. The van der Waals surface area contributed by atoms with E-state index < -0.39 is 0 Å². The highest BCUT2D eigenvalue weighted by Gasteiger charge is 2.34. The molecule has 2 aromatic carbocycles. The van der Waals surface area contributed by atoms with Crippen molar-refractivity contribution in [3.8, 4) is 0 Å². The number of amides is 3. The molecule has 0 bridgehead atoms. The Morgan fingerprint density at radius 1 is 0.935 bits per heavy atom. The van der Waals surface area contributed by atoms with Crippen LogP contribution >= 0.6 is 0 Å². The molecule has 3 amide bonds. The summed E-state index contributed by atoms with van der Waals surface area (Å²) in [5.74, 6) is -0.677. The molecule has 0 radical (unpaired) electrons. The van der Waals surface area contributed by atoms with Gasteiger partial charge in [-0.2, -0.15) is 0 Å². The molecule has 0 atom stereocenters. The third kappa shape index (κ3) is 4.61. The first kappa shape index (κ1) is 21.1. The van der Waals surface area contributed by atoms with Gasteiger partial charge >= 0.3 is 0 Å². The zero-order chi connectivity index (χ0) is 22.0. The number of rotatable bonds is 6. The van der Waals surface area contributed by atoms with E-state index in [1.807, 2.05) is 37.3 Å². The molecule has 7 nitrogen and oxygen atoms in total. The summed E-state index contributed by atoms with van der Waals surface area (Å²) in [4.78, 5) is 43.2. The molecule has 1 saturated heterocycles. The molecule has 0 saturated carbocycles. The first-order valence-corrected chi connectivity index (χ1v) is 10.7. The molecule has 1 N–H and O–H groups in total. The maximum atomic E-state index is 12.5. The number of nitrogens with one attached hydrogen (secondary N) is 1. The molecule has 2 aliphatic heterocycles. The molecule has 2 aliphatic rings. The van der Waals surface area contributed by atoms with Gasteiger partial charge in [-0.1, -0.05) is 11.6 Å². The van der Waals surface area contributed by atoms with E-state index in [0.29, 0.717) is 17.5 Å². The number of nitrogens with zero attached hydrogens (tertiary/aromatic N) is 3. The minimum atomic E-state index is -0.278. The average molecular weight is 421 g/mol. The molecule has 0 aromatic heterocycles. The van der Waals surface area contributed by atoms with Crippen molar-refractivity contribution in [2.75, 3.05) is 50.0 Å². The van der Waals surface area contributed by atoms with Crippen LogP contribution < -0.4 is 10.2 Å². The zero-order valence-corrected chi connectivity index (χ0v) is 18.1. The summed E-state index contributed by atoms with van der Waals surface area (Å²) in [5, 5.41) is 2.90. The van der Waals surface area contributed by atoms with Crippen molar-refractivity contribution in [2.45, 2.75) is 19.8 Å². The second kappa shape index (κ2) is 8.89. The van der Waals surface area contributed by atoms with Gasteiger partial charge in [-0.25, -0.2) is 0 Å². The van der Waals surface area contributed by atoms with Gasteiger partial charge in [0.05, 0.1) is 11.1 Å². The summed E-state index contributed by atoms with van der Waals surface area (Å²) in [6, 6.07) is 13.2. The van der Waals surface area contributed by atoms with Crippen molar-refractivity contribution < 1.29 is 14.4 Å². The van der Waals surface area contributed by atoms with Gasteiger partial charge in [0.1, 0.15) is 0 Å². The lowest BCUT2D eigenvalue weighted by molar-refractivity contribution is -0.116. The van der Waals surface area contributed by atoms with Crippen molar-refractivity contribution in [1.29, 1.82) is 0 Å². The van der Waals surface area contributed by atoms with Gasteiger partial charge in [-0.3, -0.25) is 19.3 Å². The highest BCUT2D eigenvalue weighted by atomic mass is 16.2. The Balaban J connectivity index is 1.25. The Labute approximate surface area is 182 Å². The number of carbonyl (C=O) groups is 3. The van der Waals surface area contributed by atoms with Crippen LogP contribution in [0.15, 0.2) is 42.5 Å². The van der Waals surface area contributed by atoms with Crippen LogP contribution in [0.3, 0.4) is 0 Å². The number of fused-ring (bicyclic) bond motifs is 1. The highest BCUT2D eigenvalue weighted by Crippen LogP contribution is 2.24. The largest absolute Gasteiger partial charge is 0.369 e. The van der Waals surface area contributed by atoms with Crippen LogP contribution in [0.2, 0.25) is 0 Å². The molecular formula is C24H28N4O3. The van der Waals surface area contributed by atoms with Crippen LogP contribution in [0.1, 0.15) is 39.1 Å². The molecular weight excluding hydrogens is 392 g/mol. The summed E-state index contributed by atoms with van der Waals surface area (Å²) >= 11 is 0. The maximum Gasteiger partial charge on any atom is 0.261 e. The first-order valence-electron chi connectivity index (χ1n) is 10.7. The fourth-order valence-electron chi connectivity index (χ4n) is 4.05. The van der Waals surface area contributed by atoms with Crippen molar-refractivity contribution in [3.05, 3.63) is 59.2 Å². The molecule has 0 spiro atoms. The molecule has 2 aromatic rings. The number of hydrogen-bond donors (Lipinski definition) is 1. The van der Waals surface area contributed by atoms with Gasteiger partial charge in [0, 0.05) is 50.5 Å². The minimum Gasteiger partial charge on any atom is -0.369 e. The normalized spacial score (nSPS) is 16.6. The van der Waals surface area contributed by atoms with E-state index in [0.717, 1.165) is 43.1 Å². The Morgan fingerprint density at radius 2 is 1.61 bits per heavy atom. The van der Waals surface area contributed by atoms with Crippen molar-refractivity contribution >= 4 is 29.1 Å². The lowest BCUT2D eigenvalue weighted by Crippen LogP contribution is -2.44. The lowest BCUT2D eigenvalue weighted by atomic mass is 10.1. The summed E-state index contributed by atoms with van der Waals surface area (Å²) in [6.07, 6.45) is 0.669. The predicted octanol–water partition coefficient (Wildman–Crippen LogP) is 2.76. The Bertz CT molecular complexity index is 994. The number of piperazine rings is 1. The van der Waals surface area contributed by atoms with Crippen LogP contribution in [-0.4, -0.2) is 67.3 Å². The van der Waals surface area contributed by atoms with Gasteiger partial charge in [0.2, 0.25) is 5.91 Å². The fraction of sp³-hybridized carbons (Fsp3) is 0.375. The number of carbonyl (C=O) groups excluding carboxylic acids is 3. The third-order valence-electron chi connectivity index (χ3n) is 5.93. The molecule has 31 heavy (non-hydrogen) atoms. The van der Waals surface area contributed by atoms with Crippen molar-refractivity contribution in [3.63, 3.8) is 0 Å². The zero-order valence-electron chi connectivity index (χ0n) is 18.1. The number of imide groups is 1. The summed E-state index contributed by atoms with van der Waals surface area (Å²) in [5.41, 5.74) is 3.75. The fourth-order valence-corrected chi connectivity index (χ4v) is 4.05. The molecule has 1 fully saturated rings. The van der Waals surface area contributed by atoms with Crippen LogP contribution in [0.25, 0.3) is 0 Å². The van der Waals surface area contributed by atoms with Gasteiger partial charge in [0.25, 0.3) is 11.8 Å². The third-order valence-corrected chi connectivity index (χ3v) is 5.93. The lowest BCUT2D eigenvalue weighted by Gasteiger charge is -2.34. The second-order valence-corrected chi connectivity index (χ2v) is 8.30. The smallest absolute Gasteiger partial charge is 0.261 e. The van der Waals surface area contributed by atoms with Gasteiger partial charge < -0.3 is 15.1 Å². The summed E-state index contributed by atoms with van der Waals surface area (Å²) < 4.78 is 0. The van der Waals surface area contributed by atoms with Gasteiger partial charge in [0.15, 0.2) is 0 Å². The minimum absolute atomic E-state index is 0.125. The van der Waals surface area contributed by atoms with E-state index in [1.165, 1.54) is 4.90 Å². The Kier molecular flexibility index (Phi) is 6.04. The predicted molar refractivity (Wildman–Crippen MR) is 121 cm³/mol. The van der Waals surface area contributed by atoms with Crippen molar-refractivity contribution in [1.82, 2.24) is 9.80 Å². The van der Waals surface area contributed by atoms with E-state index >= 15 is 0 Å². The number of hydrogen-bond acceptors (Lipinski definition) is 5. The topological polar surface area (TPSA) is 73.0 Å². The monoisotopic (exact) mass is 420 g/mol. The van der Waals surface area contributed by atoms with Crippen LogP contribution in [0.4, 0.5) is 11.4 Å². The van der Waals surface area contributed by atoms with Crippen LogP contribution in [-0.2, 0) is 4.79 Å². The van der Waals surface area contributed by atoms with Crippen molar-refractivity contribution in [2.24, 2.45) is 0 Å². The second-order valence-electron chi connectivity index (χ2n) is 8.30. The van der Waals surface area contributed by atoms with E-state index in [-0.39, 0.29) is 30.7 Å². The van der Waals surface area contributed by atoms with Crippen LogP contribution in [0.5, 0.6) is 0 Å².